The van der Waals surface area contributed by atoms with Crippen LogP contribution in [0, 0.1) is 17.5 Å². The highest BCUT2D eigenvalue weighted by atomic mass is 19.1. The largest absolute Gasteiger partial charge is 0.446 e. The molecule has 148 valence electrons. The summed E-state index contributed by atoms with van der Waals surface area (Å²) in [5, 5.41) is 5.10. The van der Waals surface area contributed by atoms with Crippen molar-refractivity contribution in [3.8, 4) is 0 Å². The molecule has 8 heteroatoms. The van der Waals surface area contributed by atoms with Crippen LogP contribution >= 0.6 is 0 Å². The molecule has 0 spiro atoms. The van der Waals surface area contributed by atoms with E-state index in [2.05, 4.69) is 10.6 Å². The molecule has 2 atom stereocenters. The first kappa shape index (κ1) is 19.7. The lowest BCUT2D eigenvalue weighted by Crippen LogP contribution is -2.41. The topological polar surface area (TPSA) is 67.4 Å². The van der Waals surface area contributed by atoms with Crippen LogP contribution in [0.4, 0.5) is 23.7 Å². The number of hydrogen-bond donors (Lipinski definition) is 2. The molecule has 2 N–H and O–H groups in total. The van der Waals surface area contributed by atoms with Gasteiger partial charge in [0.1, 0.15) is 29.1 Å². The summed E-state index contributed by atoms with van der Waals surface area (Å²) in [7, 11) is 0. The number of amides is 2. The molecule has 0 bridgehead atoms. The molecular formula is C20H19F3N2O3. The van der Waals surface area contributed by atoms with Gasteiger partial charge in [0, 0.05) is 18.2 Å². The predicted octanol–water partition coefficient (Wildman–Crippen LogP) is 4.39. The first-order valence-electron chi connectivity index (χ1n) is 8.90. The molecule has 0 aliphatic heterocycles. The molecule has 2 aromatic rings. The average Bonchev–Trinajstić information content (AvgIpc) is 2.64. The molecule has 0 aromatic heterocycles. The molecule has 1 aliphatic rings. The SMILES string of the molecule is O=C(Nc1ccc(F)cc1)O[C@@H]1CCC[C@@H](NC(=O)c2c(F)cccc2F)C1. The standard InChI is InChI=1S/C20H19F3N2O3/c21-12-7-9-13(10-8-12)25-20(27)28-15-4-1-3-14(11-15)24-19(26)18-16(22)5-2-6-17(18)23/h2,5-10,14-15H,1,3-4,11H2,(H,24,26)(H,25,27)/t14-,15-/m1/s1. The highest BCUT2D eigenvalue weighted by Gasteiger charge is 2.28. The van der Waals surface area contributed by atoms with Crippen LogP contribution in [0.5, 0.6) is 0 Å². The van der Waals surface area contributed by atoms with Crippen LogP contribution in [-0.4, -0.2) is 24.1 Å². The maximum absolute atomic E-state index is 13.7. The fourth-order valence-electron chi connectivity index (χ4n) is 3.19. The molecule has 0 saturated heterocycles. The summed E-state index contributed by atoms with van der Waals surface area (Å²) in [5.74, 6) is -3.12. The van der Waals surface area contributed by atoms with Gasteiger partial charge in [0.25, 0.3) is 5.91 Å². The molecule has 0 radical (unpaired) electrons. The van der Waals surface area contributed by atoms with Gasteiger partial charge < -0.3 is 10.1 Å². The number of ether oxygens (including phenoxy) is 1. The molecular weight excluding hydrogens is 373 g/mol. The van der Waals surface area contributed by atoms with Gasteiger partial charge in [-0.3, -0.25) is 10.1 Å². The van der Waals surface area contributed by atoms with E-state index in [1.165, 1.54) is 30.3 Å². The van der Waals surface area contributed by atoms with Crippen molar-refractivity contribution in [2.75, 3.05) is 5.32 Å². The third kappa shape index (κ3) is 5.03. The van der Waals surface area contributed by atoms with E-state index in [-0.39, 0.29) is 6.04 Å². The summed E-state index contributed by atoms with van der Waals surface area (Å²) in [6, 6.07) is 8.09. The van der Waals surface area contributed by atoms with Crippen LogP contribution < -0.4 is 10.6 Å². The Morgan fingerprint density at radius 3 is 2.32 bits per heavy atom. The second-order valence-corrected chi connectivity index (χ2v) is 6.59. The molecule has 1 saturated carbocycles. The smallest absolute Gasteiger partial charge is 0.411 e. The van der Waals surface area contributed by atoms with E-state index >= 15 is 0 Å². The van der Waals surface area contributed by atoms with Gasteiger partial charge in [-0.05, 0) is 55.7 Å². The van der Waals surface area contributed by atoms with E-state index < -0.39 is 41.1 Å². The van der Waals surface area contributed by atoms with Gasteiger partial charge in [0.2, 0.25) is 0 Å². The quantitative estimate of drug-likeness (QED) is 0.811. The zero-order valence-electron chi connectivity index (χ0n) is 14.9. The number of nitrogens with one attached hydrogen (secondary N) is 2. The van der Waals surface area contributed by atoms with Crippen molar-refractivity contribution >= 4 is 17.7 Å². The number of benzene rings is 2. The van der Waals surface area contributed by atoms with Crippen LogP contribution in [0.15, 0.2) is 42.5 Å². The molecule has 2 aromatic carbocycles. The van der Waals surface area contributed by atoms with Crippen molar-refractivity contribution in [3.63, 3.8) is 0 Å². The number of hydrogen-bond acceptors (Lipinski definition) is 3. The van der Waals surface area contributed by atoms with Gasteiger partial charge in [-0.1, -0.05) is 6.07 Å². The third-order valence-corrected chi connectivity index (χ3v) is 4.52. The van der Waals surface area contributed by atoms with Gasteiger partial charge >= 0.3 is 6.09 Å². The van der Waals surface area contributed by atoms with Gasteiger partial charge in [0.15, 0.2) is 0 Å². The molecule has 1 fully saturated rings. The van der Waals surface area contributed by atoms with Crippen LogP contribution in [0.2, 0.25) is 0 Å². The van der Waals surface area contributed by atoms with Crippen molar-refractivity contribution in [2.24, 2.45) is 0 Å². The Bertz CT molecular complexity index is 838. The van der Waals surface area contributed by atoms with Crippen molar-refractivity contribution in [2.45, 2.75) is 37.8 Å². The van der Waals surface area contributed by atoms with Crippen molar-refractivity contribution < 1.29 is 27.5 Å². The molecule has 0 heterocycles. The van der Waals surface area contributed by atoms with E-state index in [4.69, 9.17) is 4.74 Å². The van der Waals surface area contributed by atoms with Crippen LogP contribution in [-0.2, 0) is 4.74 Å². The Balaban J connectivity index is 1.54. The first-order chi connectivity index (χ1) is 13.4. The van der Waals surface area contributed by atoms with Gasteiger partial charge in [-0.25, -0.2) is 18.0 Å². The second kappa shape index (κ2) is 8.77. The summed E-state index contributed by atoms with van der Waals surface area (Å²) in [6.45, 7) is 0. The van der Waals surface area contributed by atoms with Crippen molar-refractivity contribution in [1.82, 2.24) is 5.32 Å². The number of rotatable bonds is 4. The molecule has 5 nitrogen and oxygen atoms in total. The van der Waals surface area contributed by atoms with Crippen LogP contribution in [0.25, 0.3) is 0 Å². The lowest BCUT2D eigenvalue weighted by molar-refractivity contribution is 0.0710. The lowest BCUT2D eigenvalue weighted by Gasteiger charge is -2.29. The normalized spacial score (nSPS) is 19.0. The summed E-state index contributed by atoms with van der Waals surface area (Å²) < 4.78 is 45.7. The summed E-state index contributed by atoms with van der Waals surface area (Å²) in [5.41, 5.74) is -0.235. The minimum Gasteiger partial charge on any atom is -0.446 e. The van der Waals surface area contributed by atoms with Crippen molar-refractivity contribution in [1.29, 1.82) is 0 Å². The molecule has 28 heavy (non-hydrogen) atoms. The summed E-state index contributed by atoms with van der Waals surface area (Å²) in [4.78, 5) is 24.2. The van der Waals surface area contributed by atoms with Crippen LogP contribution in [0.3, 0.4) is 0 Å². The lowest BCUT2D eigenvalue weighted by atomic mass is 9.92. The highest BCUT2D eigenvalue weighted by Crippen LogP contribution is 2.23. The molecule has 0 unspecified atom stereocenters. The monoisotopic (exact) mass is 392 g/mol. The minimum absolute atomic E-state index is 0.332. The summed E-state index contributed by atoms with van der Waals surface area (Å²) in [6.07, 6.45) is 1.09. The van der Waals surface area contributed by atoms with E-state index in [9.17, 15) is 22.8 Å². The van der Waals surface area contributed by atoms with Gasteiger partial charge in [-0.15, -0.1) is 0 Å². The van der Waals surface area contributed by atoms with Crippen molar-refractivity contribution in [3.05, 3.63) is 65.5 Å². The Kier molecular flexibility index (Phi) is 6.18. The predicted molar refractivity (Wildman–Crippen MR) is 96.4 cm³/mol. The van der Waals surface area contributed by atoms with E-state index in [1.807, 2.05) is 0 Å². The number of halogens is 3. The fourth-order valence-corrected chi connectivity index (χ4v) is 3.19. The van der Waals surface area contributed by atoms with E-state index in [0.717, 1.165) is 12.1 Å². The number of carbonyl (C=O) groups excluding carboxylic acids is 2. The van der Waals surface area contributed by atoms with Gasteiger partial charge in [0.05, 0.1) is 0 Å². The zero-order valence-corrected chi connectivity index (χ0v) is 14.9. The molecule has 1 aliphatic carbocycles. The van der Waals surface area contributed by atoms with E-state index in [0.29, 0.717) is 31.4 Å². The Labute approximate surface area is 159 Å². The Morgan fingerprint density at radius 1 is 0.964 bits per heavy atom. The second-order valence-electron chi connectivity index (χ2n) is 6.59. The molecule has 2 amide bonds. The maximum atomic E-state index is 13.7. The highest BCUT2D eigenvalue weighted by molar-refractivity contribution is 5.95. The zero-order chi connectivity index (χ0) is 20.1. The molecule has 3 rings (SSSR count). The minimum atomic E-state index is -0.931. The summed E-state index contributed by atoms with van der Waals surface area (Å²) >= 11 is 0. The van der Waals surface area contributed by atoms with Gasteiger partial charge in [-0.2, -0.15) is 0 Å². The maximum Gasteiger partial charge on any atom is 0.411 e. The number of carbonyl (C=O) groups is 2. The number of anilines is 1. The van der Waals surface area contributed by atoms with Crippen LogP contribution in [0.1, 0.15) is 36.0 Å². The Hall–Kier alpha value is -3.03. The first-order valence-corrected chi connectivity index (χ1v) is 8.90. The van der Waals surface area contributed by atoms with E-state index in [1.54, 1.807) is 0 Å². The third-order valence-electron chi connectivity index (χ3n) is 4.52. The Morgan fingerprint density at radius 2 is 1.64 bits per heavy atom. The fraction of sp³-hybridized carbons (Fsp3) is 0.300. The average molecular weight is 392 g/mol.